The minimum absolute atomic E-state index is 0.0416. The van der Waals surface area contributed by atoms with E-state index < -0.39 is 47.3 Å². The number of carbonyl (C=O) groups is 1. The molecule has 0 radical (unpaired) electrons. The summed E-state index contributed by atoms with van der Waals surface area (Å²) in [6, 6.07) is 10.3. The van der Waals surface area contributed by atoms with E-state index in [0.29, 0.717) is 12.3 Å². The largest absolute Gasteiger partial charge is 0.479 e. The smallest absolute Gasteiger partial charge is 0.287 e. The summed E-state index contributed by atoms with van der Waals surface area (Å²) in [7, 11) is 0. The lowest BCUT2D eigenvalue weighted by atomic mass is 9.95. The molecule has 2 unspecified atom stereocenters. The van der Waals surface area contributed by atoms with E-state index >= 15 is 0 Å². The van der Waals surface area contributed by atoms with Crippen LogP contribution in [0.1, 0.15) is 73.0 Å². The number of benzene rings is 2. The van der Waals surface area contributed by atoms with E-state index in [0.717, 1.165) is 12.0 Å². The molecule has 0 bridgehead atoms. The van der Waals surface area contributed by atoms with Crippen LogP contribution in [0.2, 0.25) is 0 Å². The number of carbonyl (C=O) groups excluding carboxylic acids is 1. The number of halogens is 5. The lowest BCUT2D eigenvalue weighted by molar-refractivity contribution is 0.0903. The van der Waals surface area contributed by atoms with Crippen LogP contribution < -0.4 is 10.1 Å². The molecule has 0 saturated carbocycles. The first-order chi connectivity index (χ1) is 16.2. The molecule has 0 aliphatic carbocycles. The lowest BCUT2D eigenvalue weighted by Gasteiger charge is -2.18. The number of amides is 1. The van der Waals surface area contributed by atoms with Gasteiger partial charge in [-0.2, -0.15) is 8.78 Å². The van der Waals surface area contributed by atoms with E-state index in [-0.39, 0.29) is 17.6 Å². The van der Waals surface area contributed by atoms with Crippen molar-refractivity contribution in [1.82, 2.24) is 5.32 Å². The average Bonchev–Trinajstić information content (AvgIpc) is 3.33. The van der Waals surface area contributed by atoms with Gasteiger partial charge in [-0.05, 0) is 42.0 Å². The fraction of sp³-hybridized carbons (Fsp3) is 0.320. The van der Waals surface area contributed by atoms with Crippen molar-refractivity contribution in [3.05, 3.63) is 88.1 Å². The Bertz CT molecular complexity index is 1130. The lowest BCUT2D eigenvalue weighted by Crippen LogP contribution is -2.27. The van der Waals surface area contributed by atoms with Crippen LogP contribution in [-0.2, 0) is 6.61 Å². The highest BCUT2D eigenvalue weighted by molar-refractivity contribution is 5.91. The van der Waals surface area contributed by atoms with E-state index in [1.54, 1.807) is 0 Å². The van der Waals surface area contributed by atoms with E-state index in [1.807, 2.05) is 31.2 Å². The predicted molar refractivity (Wildman–Crippen MR) is 115 cm³/mol. The number of hydrogen-bond acceptors (Lipinski definition) is 3. The van der Waals surface area contributed by atoms with Gasteiger partial charge < -0.3 is 14.5 Å². The summed E-state index contributed by atoms with van der Waals surface area (Å²) in [5.41, 5.74) is 2.13. The number of ether oxygens (including phenoxy) is 1. The van der Waals surface area contributed by atoms with Crippen molar-refractivity contribution in [3.8, 4) is 5.75 Å². The zero-order valence-electron chi connectivity index (χ0n) is 18.9. The summed E-state index contributed by atoms with van der Waals surface area (Å²) in [5.74, 6) is -12.3. The van der Waals surface area contributed by atoms with Crippen LogP contribution in [0.15, 0.2) is 40.8 Å². The van der Waals surface area contributed by atoms with Crippen LogP contribution in [0.3, 0.4) is 0 Å². The molecule has 2 atom stereocenters. The third kappa shape index (κ3) is 5.24. The second-order valence-corrected chi connectivity index (χ2v) is 7.86. The van der Waals surface area contributed by atoms with Crippen molar-refractivity contribution in [2.75, 3.05) is 0 Å². The molecule has 3 rings (SSSR count). The van der Waals surface area contributed by atoms with Crippen molar-refractivity contribution < 1.29 is 35.9 Å². The van der Waals surface area contributed by atoms with Gasteiger partial charge in [0.1, 0.15) is 12.4 Å². The Kier molecular flexibility index (Phi) is 7.96. The third-order valence-electron chi connectivity index (χ3n) is 5.65. The second-order valence-electron chi connectivity index (χ2n) is 7.86. The molecule has 4 nitrogen and oxygen atoms in total. The SMILES string of the molecule is CCC(C)c1ccc(C(CC)NC(=O)c2ccc(COc3c(F)c(F)c(F)c(F)c3F)o2)cc1. The average molecular weight is 481 g/mol. The van der Waals surface area contributed by atoms with Gasteiger partial charge >= 0.3 is 0 Å². The normalized spacial score (nSPS) is 12.9. The van der Waals surface area contributed by atoms with Crippen LogP contribution in [-0.4, -0.2) is 5.91 Å². The van der Waals surface area contributed by atoms with E-state index in [4.69, 9.17) is 9.15 Å². The Labute approximate surface area is 193 Å². The Morgan fingerprint density at radius 3 is 1.97 bits per heavy atom. The van der Waals surface area contributed by atoms with Gasteiger partial charge in [-0.25, -0.2) is 13.2 Å². The number of nitrogens with one attached hydrogen (secondary N) is 1. The van der Waals surface area contributed by atoms with Gasteiger partial charge in [0.2, 0.25) is 29.1 Å². The Morgan fingerprint density at radius 1 is 0.853 bits per heavy atom. The van der Waals surface area contributed by atoms with Crippen LogP contribution in [0.25, 0.3) is 0 Å². The van der Waals surface area contributed by atoms with Crippen LogP contribution in [0.4, 0.5) is 22.0 Å². The maximum Gasteiger partial charge on any atom is 0.287 e. The highest BCUT2D eigenvalue weighted by Crippen LogP contribution is 2.30. The zero-order valence-corrected chi connectivity index (χ0v) is 18.9. The van der Waals surface area contributed by atoms with E-state index in [9.17, 15) is 26.7 Å². The highest BCUT2D eigenvalue weighted by Gasteiger charge is 2.27. The molecule has 182 valence electrons. The summed E-state index contributed by atoms with van der Waals surface area (Å²) >= 11 is 0. The topological polar surface area (TPSA) is 51.5 Å². The van der Waals surface area contributed by atoms with Crippen LogP contribution in [0.5, 0.6) is 5.75 Å². The maximum atomic E-state index is 13.7. The minimum Gasteiger partial charge on any atom is -0.479 e. The minimum atomic E-state index is -2.28. The summed E-state index contributed by atoms with van der Waals surface area (Å²) in [4.78, 5) is 12.6. The molecule has 34 heavy (non-hydrogen) atoms. The number of furan rings is 1. The molecule has 1 heterocycles. The summed E-state index contributed by atoms with van der Waals surface area (Å²) in [6.07, 6.45) is 1.63. The third-order valence-corrected chi connectivity index (χ3v) is 5.65. The monoisotopic (exact) mass is 481 g/mol. The molecule has 1 aromatic heterocycles. The molecule has 0 fully saturated rings. The van der Waals surface area contributed by atoms with Crippen LogP contribution in [0, 0.1) is 29.1 Å². The Balaban J connectivity index is 1.67. The first kappa shape index (κ1) is 25.3. The van der Waals surface area contributed by atoms with Crippen molar-refractivity contribution >= 4 is 5.91 Å². The van der Waals surface area contributed by atoms with Crippen molar-refractivity contribution in [2.24, 2.45) is 0 Å². The second kappa shape index (κ2) is 10.7. The quantitative estimate of drug-likeness (QED) is 0.204. The fourth-order valence-corrected chi connectivity index (χ4v) is 3.38. The molecule has 1 amide bonds. The van der Waals surface area contributed by atoms with Gasteiger partial charge in [-0.1, -0.05) is 45.0 Å². The van der Waals surface area contributed by atoms with Gasteiger partial charge in [0.25, 0.3) is 5.91 Å². The molecule has 3 aromatic rings. The first-order valence-corrected chi connectivity index (χ1v) is 10.8. The first-order valence-electron chi connectivity index (χ1n) is 10.8. The van der Waals surface area contributed by atoms with Gasteiger partial charge in [0.15, 0.2) is 11.5 Å². The number of hydrogen-bond donors (Lipinski definition) is 1. The maximum absolute atomic E-state index is 13.7. The summed E-state index contributed by atoms with van der Waals surface area (Å²) < 4.78 is 77.3. The van der Waals surface area contributed by atoms with Crippen molar-refractivity contribution in [3.63, 3.8) is 0 Å². The van der Waals surface area contributed by atoms with Crippen molar-refractivity contribution in [1.29, 1.82) is 0 Å². The molecule has 9 heteroatoms. The van der Waals surface area contributed by atoms with Gasteiger partial charge in [0.05, 0.1) is 6.04 Å². The number of rotatable bonds is 9. The molecule has 0 aliphatic rings. The van der Waals surface area contributed by atoms with Gasteiger partial charge in [0, 0.05) is 0 Å². The molecule has 0 saturated heterocycles. The molecule has 1 N–H and O–H groups in total. The van der Waals surface area contributed by atoms with Gasteiger partial charge in [-0.3, -0.25) is 4.79 Å². The molecular weight excluding hydrogens is 457 g/mol. The molecular formula is C25H24F5NO3. The van der Waals surface area contributed by atoms with Crippen molar-refractivity contribution in [2.45, 2.75) is 52.2 Å². The van der Waals surface area contributed by atoms with Gasteiger partial charge in [-0.15, -0.1) is 0 Å². The van der Waals surface area contributed by atoms with Crippen LogP contribution >= 0.6 is 0 Å². The summed E-state index contributed by atoms with van der Waals surface area (Å²) in [6.45, 7) is 5.51. The molecule has 0 spiro atoms. The predicted octanol–water partition coefficient (Wildman–Crippen LogP) is 6.95. The van der Waals surface area contributed by atoms with E-state index in [2.05, 4.69) is 19.2 Å². The van der Waals surface area contributed by atoms with E-state index in [1.165, 1.54) is 17.7 Å². The standard InChI is InChI=1S/C25H24F5NO3/c1-4-13(3)14-6-8-15(9-7-14)17(5-2)31-25(32)18-11-10-16(34-18)12-33-24-22(29)20(27)19(26)21(28)23(24)30/h6-11,13,17H,4-5,12H2,1-3H3,(H,31,32). The fourth-order valence-electron chi connectivity index (χ4n) is 3.38. The molecule has 2 aromatic carbocycles. The summed E-state index contributed by atoms with van der Waals surface area (Å²) in [5, 5.41) is 2.85. The molecule has 0 aliphatic heterocycles. The Hall–Kier alpha value is -3.36. The highest BCUT2D eigenvalue weighted by atomic mass is 19.2. The zero-order chi connectivity index (χ0) is 25.0. The Morgan fingerprint density at radius 2 is 1.41 bits per heavy atom.